The fourth-order valence-electron chi connectivity index (χ4n) is 5.27. The smallest absolute Gasteiger partial charge is 0.0240 e. The maximum absolute atomic E-state index is 2.71. The molecule has 0 N–H and O–H groups in total. The second-order valence-electron chi connectivity index (χ2n) is 7.69. The SMILES string of the molecule is CC1(C)C2CCC1(CN1Cc3ccccc3C1)CC2. The van der Waals surface area contributed by atoms with Crippen LogP contribution in [0.1, 0.15) is 50.7 Å². The Bertz CT molecular complexity index is 469. The summed E-state index contributed by atoms with van der Waals surface area (Å²) in [7, 11) is 0. The predicted octanol–water partition coefficient (Wildman–Crippen LogP) is 4.22. The van der Waals surface area contributed by atoms with Gasteiger partial charge in [0.1, 0.15) is 0 Å². The van der Waals surface area contributed by atoms with Crippen molar-refractivity contribution in [2.24, 2.45) is 16.7 Å². The Balaban J connectivity index is 1.55. The summed E-state index contributed by atoms with van der Waals surface area (Å²) in [6.07, 6.45) is 5.90. The Morgan fingerprint density at radius 1 is 1.05 bits per heavy atom. The van der Waals surface area contributed by atoms with E-state index >= 15 is 0 Å². The molecule has 1 heteroatoms. The average Bonchev–Trinajstić information content (AvgIpc) is 2.97. The van der Waals surface area contributed by atoms with Crippen molar-refractivity contribution in [1.29, 1.82) is 0 Å². The highest BCUT2D eigenvalue weighted by Crippen LogP contribution is 2.66. The molecule has 0 atom stereocenters. The Morgan fingerprint density at radius 3 is 2.11 bits per heavy atom. The largest absolute Gasteiger partial charge is 0.294 e. The predicted molar refractivity (Wildman–Crippen MR) is 78.7 cm³/mol. The van der Waals surface area contributed by atoms with Crippen molar-refractivity contribution in [3.8, 4) is 0 Å². The highest BCUT2D eigenvalue weighted by Gasteiger charge is 2.58. The Labute approximate surface area is 117 Å². The highest BCUT2D eigenvalue weighted by molar-refractivity contribution is 5.30. The van der Waals surface area contributed by atoms with Crippen molar-refractivity contribution in [3.05, 3.63) is 35.4 Å². The fourth-order valence-corrected chi connectivity index (χ4v) is 5.27. The molecule has 2 saturated carbocycles. The molecule has 4 rings (SSSR count). The zero-order valence-electron chi connectivity index (χ0n) is 12.3. The van der Waals surface area contributed by atoms with Crippen LogP contribution in [0.4, 0.5) is 0 Å². The van der Waals surface area contributed by atoms with Gasteiger partial charge in [0.05, 0.1) is 0 Å². The molecule has 0 amide bonds. The molecule has 102 valence electrons. The quantitative estimate of drug-likeness (QED) is 0.765. The zero-order chi connectivity index (χ0) is 13.1. The lowest BCUT2D eigenvalue weighted by Gasteiger charge is -2.41. The molecule has 1 heterocycles. The van der Waals surface area contributed by atoms with Crippen LogP contribution in [-0.4, -0.2) is 11.4 Å². The molecule has 1 nitrogen and oxygen atoms in total. The second kappa shape index (κ2) is 3.85. The molecular weight excluding hydrogens is 230 g/mol. The van der Waals surface area contributed by atoms with Crippen LogP contribution in [0.2, 0.25) is 0 Å². The number of hydrogen-bond donors (Lipinski definition) is 0. The summed E-state index contributed by atoms with van der Waals surface area (Å²) in [6, 6.07) is 8.99. The fraction of sp³-hybridized carbons (Fsp3) is 0.667. The lowest BCUT2D eigenvalue weighted by molar-refractivity contribution is 0.0657. The molecule has 1 aliphatic heterocycles. The van der Waals surface area contributed by atoms with E-state index in [0.29, 0.717) is 10.8 Å². The molecule has 2 bridgehead atoms. The van der Waals surface area contributed by atoms with Gasteiger partial charge < -0.3 is 0 Å². The first-order chi connectivity index (χ1) is 9.11. The summed E-state index contributed by atoms with van der Waals surface area (Å²) >= 11 is 0. The zero-order valence-corrected chi connectivity index (χ0v) is 12.3. The third kappa shape index (κ3) is 1.57. The van der Waals surface area contributed by atoms with Gasteiger partial charge in [-0.05, 0) is 53.6 Å². The minimum atomic E-state index is 0.571. The molecule has 0 radical (unpaired) electrons. The first kappa shape index (κ1) is 12.0. The first-order valence-corrected chi connectivity index (χ1v) is 7.90. The van der Waals surface area contributed by atoms with E-state index in [9.17, 15) is 0 Å². The van der Waals surface area contributed by atoms with Crippen LogP contribution in [0.5, 0.6) is 0 Å². The Kier molecular flexibility index (Phi) is 2.42. The molecule has 1 aromatic carbocycles. The molecule has 3 aliphatic rings. The average molecular weight is 255 g/mol. The van der Waals surface area contributed by atoms with E-state index in [1.165, 1.54) is 45.3 Å². The second-order valence-corrected chi connectivity index (χ2v) is 7.69. The number of fused-ring (bicyclic) bond motifs is 3. The van der Waals surface area contributed by atoms with Crippen LogP contribution in [0.25, 0.3) is 0 Å². The summed E-state index contributed by atoms with van der Waals surface area (Å²) in [4.78, 5) is 2.71. The van der Waals surface area contributed by atoms with E-state index in [-0.39, 0.29) is 0 Å². The van der Waals surface area contributed by atoms with Gasteiger partial charge in [-0.25, -0.2) is 0 Å². The van der Waals surface area contributed by atoms with Gasteiger partial charge in [-0.15, -0.1) is 0 Å². The monoisotopic (exact) mass is 255 g/mol. The third-order valence-electron chi connectivity index (χ3n) is 6.76. The van der Waals surface area contributed by atoms with E-state index in [2.05, 4.69) is 43.0 Å². The van der Waals surface area contributed by atoms with E-state index in [0.717, 1.165) is 5.92 Å². The summed E-state index contributed by atoms with van der Waals surface area (Å²) < 4.78 is 0. The van der Waals surface area contributed by atoms with Gasteiger partial charge in [-0.2, -0.15) is 0 Å². The summed E-state index contributed by atoms with van der Waals surface area (Å²) in [5, 5.41) is 0. The Hall–Kier alpha value is -0.820. The molecule has 2 fully saturated rings. The maximum atomic E-state index is 2.71. The minimum absolute atomic E-state index is 0.571. The normalized spacial score (nSPS) is 35.8. The number of rotatable bonds is 2. The summed E-state index contributed by atoms with van der Waals surface area (Å²) in [5.41, 5.74) is 4.30. The van der Waals surface area contributed by atoms with Gasteiger partial charge in [0.25, 0.3) is 0 Å². The number of hydrogen-bond acceptors (Lipinski definition) is 1. The van der Waals surface area contributed by atoms with E-state index in [1.807, 2.05) is 0 Å². The van der Waals surface area contributed by atoms with Gasteiger partial charge in [0.2, 0.25) is 0 Å². The van der Waals surface area contributed by atoms with Crippen LogP contribution in [0, 0.1) is 16.7 Å². The van der Waals surface area contributed by atoms with Crippen molar-refractivity contribution in [2.45, 2.75) is 52.6 Å². The van der Waals surface area contributed by atoms with Crippen molar-refractivity contribution >= 4 is 0 Å². The topological polar surface area (TPSA) is 3.24 Å². The number of nitrogens with zero attached hydrogens (tertiary/aromatic N) is 1. The van der Waals surface area contributed by atoms with E-state index < -0.39 is 0 Å². The molecule has 2 aliphatic carbocycles. The lowest BCUT2D eigenvalue weighted by Crippen LogP contribution is -2.40. The summed E-state index contributed by atoms with van der Waals surface area (Å²) in [5.74, 6) is 0.998. The van der Waals surface area contributed by atoms with E-state index in [4.69, 9.17) is 0 Å². The van der Waals surface area contributed by atoms with Crippen LogP contribution in [0.15, 0.2) is 24.3 Å². The van der Waals surface area contributed by atoms with Crippen LogP contribution < -0.4 is 0 Å². The van der Waals surface area contributed by atoms with Gasteiger partial charge >= 0.3 is 0 Å². The molecule has 1 aromatic rings. The third-order valence-corrected chi connectivity index (χ3v) is 6.76. The van der Waals surface area contributed by atoms with Crippen LogP contribution >= 0.6 is 0 Å². The number of benzene rings is 1. The standard InChI is InChI=1S/C18H25N/c1-17(2)16-7-9-18(17,10-8-16)13-19-11-14-5-3-4-6-15(14)12-19/h3-6,16H,7-13H2,1-2H3. The first-order valence-electron chi connectivity index (χ1n) is 7.90. The van der Waals surface area contributed by atoms with Crippen molar-refractivity contribution < 1.29 is 0 Å². The molecule has 0 aromatic heterocycles. The van der Waals surface area contributed by atoms with Crippen molar-refractivity contribution in [3.63, 3.8) is 0 Å². The molecular formula is C18H25N. The van der Waals surface area contributed by atoms with Crippen LogP contribution in [0.3, 0.4) is 0 Å². The molecule has 0 saturated heterocycles. The molecule has 0 unspecified atom stereocenters. The Morgan fingerprint density at radius 2 is 1.63 bits per heavy atom. The van der Waals surface area contributed by atoms with Crippen LogP contribution in [-0.2, 0) is 13.1 Å². The van der Waals surface area contributed by atoms with Gasteiger partial charge in [-0.3, -0.25) is 4.90 Å². The van der Waals surface area contributed by atoms with Crippen molar-refractivity contribution in [1.82, 2.24) is 4.90 Å². The van der Waals surface area contributed by atoms with Gasteiger partial charge in [0, 0.05) is 19.6 Å². The van der Waals surface area contributed by atoms with Gasteiger partial charge in [-0.1, -0.05) is 38.1 Å². The minimum Gasteiger partial charge on any atom is -0.294 e. The maximum Gasteiger partial charge on any atom is 0.0240 e. The van der Waals surface area contributed by atoms with E-state index in [1.54, 1.807) is 11.1 Å². The molecule has 19 heavy (non-hydrogen) atoms. The molecule has 0 spiro atoms. The van der Waals surface area contributed by atoms with Gasteiger partial charge in [0.15, 0.2) is 0 Å². The summed E-state index contributed by atoms with van der Waals surface area (Å²) in [6.45, 7) is 8.77. The lowest BCUT2D eigenvalue weighted by atomic mass is 9.69. The van der Waals surface area contributed by atoms with Crippen molar-refractivity contribution in [2.75, 3.05) is 6.54 Å². The highest BCUT2D eigenvalue weighted by atomic mass is 15.2.